The zero-order chi connectivity index (χ0) is 22.8. The molecule has 2 aliphatic heterocycles. The van der Waals surface area contributed by atoms with Gasteiger partial charge in [0.2, 0.25) is 11.8 Å². The van der Waals surface area contributed by atoms with Crippen molar-refractivity contribution in [2.45, 2.75) is 19.4 Å². The number of nitrogens with one attached hydrogen (secondary N) is 1. The summed E-state index contributed by atoms with van der Waals surface area (Å²) in [6.07, 6.45) is 2.59. The zero-order valence-electron chi connectivity index (χ0n) is 18.4. The molecule has 170 valence electrons. The van der Waals surface area contributed by atoms with Crippen molar-refractivity contribution in [2.24, 2.45) is 5.92 Å². The fourth-order valence-electron chi connectivity index (χ4n) is 4.74. The van der Waals surface area contributed by atoms with Crippen LogP contribution < -0.4 is 0 Å². The fourth-order valence-corrected chi connectivity index (χ4v) is 4.74. The normalized spacial score (nSPS) is 19.2. The number of nitrogens with zero attached hydrogens (tertiary/aromatic N) is 4. The topological polar surface area (TPSA) is 89.6 Å². The van der Waals surface area contributed by atoms with Gasteiger partial charge in [-0.15, -0.1) is 0 Å². The first-order valence-corrected chi connectivity index (χ1v) is 11.4. The van der Waals surface area contributed by atoms with Crippen molar-refractivity contribution in [3.8, 4) is 0 Å². The van der Waals surface area contributed by atoms with E-state index in [1.54, 1.807) is 17.3 Å². The van der Waals surface area contributed by atoms with E-state index in [2.05, 4.69) is 9.97 Å². The molecular formula is C25H27N5O3. The van der Waals surface area contributed by atoms with Crippen LogP contribution in [0.1, 0.15) is 28.8 Å². The maximum atomic E-state index is 13.2. The van der Waals surface area contributed by atoms with Crippen molar-refractivity contribution < 1.29 is 14.4 Å². The molecule has 0 saturated carbocycles. The van der Waals surface area contributed by atoms with Gasteiger partial charge in [-0.2, -0.15) is 0 Å². The SMILES string of the molecule is O=C1CC(C(=O)N2CCCN(C(=O)c3ccc4nc[nH]c4c3)CC2)CN1Cc1ccccc1. The van der Waals surface area contributed by atoms with Crippen molar-refractivity contribution in [1.82, 2.24) is 24.7 Å². The number of hydrogen-bond donors (Lipinski definition) is 1. The zero-order valence-corrected chi connectivity index (χ0v) is 18.4. The summed E-state index contributed by atoms with van der Waals surface area (Å²) in [6, 6.07) is 15.3. The lowest BCUT2D eigenvalue weighted by atomic mass is 10.1. The van der Waals surface area contributed by atoms with Gasteiger partial charge in [0.1, 0.15) is 0 Å². The van der Waals surface area contributed by atoms with Gasteiger partial charge in [0.05, 0.1) is 23.3 Å². The molecule has 0 aliphatic carbocycles. The van der Waals surface area contributed by atoms with Crippen molar-refractivity contribution in [2.75, 3.05) is 32.7 Å². The molecule has 8 heteroatoms. The highest BCUT2D eigenvalue weighted by atomic mass is 16.2. The number of amides is 3. The molecule has 2 saturated heterocycles. The second kappa shape index (κ2) is 9.05. The summed E-state index contributed by atoms with van der Waals surface area (Å²) in [4.78, 5) is 51.4. The molecule has 3 aromatic rings. The minimum absolute atomic E-state index is 0.0205. The predicted molar refractivity (Wildman–Crippen MR) is 123 cm³/mol. The van der Waals surface area contributed by atoms with Gasteiger partial charge >= 0.3 is 0 Å². The Labute approximate surface area is 192 Å². The van der Waals surface area contributed by atoms with Gasteiger partial charge < -0.3 is 19.7 Å². The van der Waals surface area contributed by atoms with Crippen LogP contribution >= 0.6 is 0 Å². The first-order chi connectivity index (χ1) is 16.1. The summed E-state index contributed by atoms with van der Waals surface area (Å²) in [5.74, 6) is -0.303. The molecule has 1 unspecified atom stereocenters. The molecule has 2 aromatic carbocycles. The van der Waals surface area contributed by atoms with Gasteiger partial charge in [0.25, 0.3) is 5.91 Å². The predicted octanol–water partition coefficient (Wildman–Crippen LogP) is 2.29. The largest absolute Gasteiger partial charge is 0.345 e. The van der Waals surface area contributed by atoms with Crippen molar-refractivity contribution in [3.63, 3.8) is 0 Å². The molecule has 1 aromatic heterocycles. The number of hydrogen-bond acceptors (Lipinski definition) is 4. The van der Waals surface area contributed by atoms with Crippen LogP contribution in [0, 0.1) is 5.92 Å². The smallest absolute Gasteiger partial charge is 0.253 e. The summed E-state index contributed by atoms with van der Waals surface area (Å²) in [5.41, 5.74) is 3.34. The van der Waals surface area contributed by atoms with Gasteiger partial charge in [-0.1, -0.05) is 30.3 Å². The van der Waals surface area contributed by atoms with E-state index in [1.807, 2.05) is 52.3 Å². The van der Waals surface area contributed by atoms with Crippen LogP contribution in [0.3, 0.4) is 0 Å². The number of aromatic amines is 1. The monoisotopic (exact) mass is 445 g/mol. The summed E-state index contributed by atoms with van der Waals surface area (Å²) in [5, 5.41) is 0. The van der Waals surface area contributed by atoms with E-state index in [1.165, 1.54) is 0 Å². The van der Waals surface area contributed by atoms with E-state index in [-0.39, 0.29) is 30.1 Å². The highest BCUT2D eigenvalue weighted by molar-refractivity contribution is 5.97. The fraction of sp³-hybridized carbons (Fsp3) is 0.360. The Morgan fingerprint density at radius 2 is 1.79 bits per heavy atom. The van der Waals surface area contributed by atoms with Crippen molar-refractivity contribution in [3.05, 3.63) is 66.0 Å². The van der Waals surface area contributed by atoms with E-state index >= 15 is 0 Å². The average Bonchev–Trinajstić information content (AvgIpc) is 3.37. The second-order valence-corrected chi connectivity index (χ2v) is 8.77. The molecule has 0 spiro atoms. The van der Waals surface area contributed by atoms with E-state index in [4.69, 9.17) is 0 Å². The Bertz CT molecular complexity index is 1180. The Kier molecular flexibility index (Phi) is 5.81. The maximum absolute atomic E-state index is 13.2. The number of carbonyl (C=O) groups excluding carboxylic acids is 3. The van der Waals surface area contributed by atoms with Gasteiger partial charge in [0, 0.05) is 51.3 Å². The highest BCUT2D eigenvalue weighted by Gasteiger charge is 2.37. The minimum Gasteiger partial charge on any atom is -0.345 e. The number of H-pyrrole nitrogens is 1. The third-order valence-electron chi connectivity index (χ3n) is 6.54. The van der Waals surface area contributed by atoms with Gasteiger partial charge in [-0.3, -0.25) is 14.4 Å². The maximum Gasteiger partial charge on any atom is 0.253 e. The lowest BCUT2D eigenvalue weighted by Crippen LogP contribution is -2.40. The molecule has 0 radical (unpaired) electrons. The summed E-state index contributed by atoms with van der Waals surface area (Å²) >= 11 is 0. The van der Waals surface area contributed by atoms with Crippen molar-refractivity contribution >= 4 is 28.8 Å². The van der Waals surface area contributed by atoms with E-state index < -0.39 is 0 Å². The number of carbonyl (C=O) groups is 3. The third-order valence-corrected chi connectivity index (χ3v) is 6.54. The Hall–Kier alpha value is -3.68. The van der Waals surface area contributed by atoms with Crippen LogP contribution in [-0.2, 0) is 16.1 Å². The second-order valence-electron chi connectivity index (χ2n) is 8.77. The molecule has 1 atom stereocenters. The van der Waals surface area contributed by atoms with E-state index in [0.29, 0.717) is 44.8 Å². The third kappa shape index (κ3) is 4.46. The Balaban J connectivity index is 1.19. The standard InChI is InChI=1S/C25H27N5O3/c31-23-14-20(16-30(23)15-18-5-2-1-3-6-18)25(33)29-10-4-9-28(11-12-29)24(32)19-7-8-21-22(13-19)27-17-26-21/h1-3,5-8,13,17,20H,4,9-12,14-16H2,(H,26,27). The molecular weight excluding hydrogens is 418 g/mol. The molecule has 8 nitrogen and oxygen atoms in total. The lowest BCUT2D eigenvalue weighted by molar-refractivity contribution is -0.135. The minimum atomic E-state index is -0.314. The van der Waals surface area contributed by atoms with Crippen LogP contribution in [0.15, 0.2) is 54.9 Å². The molecule has 3 amide bonds. The van der Waals surface area contributed by atoms with Crippen LogP contribution in [-0.4, -0.2) is 75.1 Å². The quantitative estimate of drug-likeness (QED) is 0.667. The first kappa shape index (κ1) is 21.2. The van der Waals surface area contributed by atoms with Crippen LogP contribution in [0.2, 0.25) is 0 Å². The molecule has 33 heavy (non-hydrogen) atoms. The van der Waals surface area contributed by atoms with Crippen LogP contribution in [0.25, 0.3) is 11.0 Å². The van der Waals surface area contributed by atoms with Crippen LogP contribution in [0.5, 0.6) is 0 Å². The number of aromatic nitrogens is 2. The lowest BCUT2D eigenvalue weighted by Gasteiger charge is -2.24. The molecule has 2 fully saturated rings. The van der Waals surface area contributed by atoms with Crippen LogP contribution in [0.4, 0.5) is 0 Å². The summed E-state index contributed by atoms with van der Waals surface area (Å²) in [7, 11) is 0. The van der Waals surface area contributed by atoms with E-state index in [0.717, 1.165) is 23.0 Å². The first-order valence-electron chi connectivity index (χ1n) is 11.4. The average molecular weight is 446 g/mol. The summed E-state index contributed by atoms with van der Waals surface area (Å²) < 4.78 is 0. The van der Waals surface area contributed by atoms with E-state index in [9.17, 15) is 14.4 Å². The number of benzene rings is 2. The summed E-state index contributed by atoms with van der Waals surface area (Å²) in [6.45, 7) is 3.17. The Morgan fingerprint density at radius 3 is 2.64 bits per heavy atom. The molecule has 0 bridgehead atoms. The molecule has 3 heterocycles. The highest BCUT2D eigenvalue weighted by Crippen LogP contribution is 2.23. The Morgan fingerprint density at radius 1 is 1.00 bits per heavy atom. The molecule has 1 N–H and O–H groups in total. The number of fused-ring (bicyclic) bond motifs is 1. The van der Waals surface area contributed by atoms with Crippen molar-refractivity contribution in [1.29, 1.82) is 0 Å². The van der Waals surface area contributed by atoms with Gasteiger partial charge in [-0.25, -0.2) is 4.98 Å². The number of rotatable bonds is 4. The number of likely N-dealkylation sites (tertiary alicyclic amines) is 1. The van der Waals surface area contributed by atoms with Gasteiger partial charge in [-0.05, 0) is 30.2 Å². The molecule has 5 rings (SSSR count). The number of imidazole rings is 1. The molecule has 2 aliphatic rings. The van der Waals surface area contributed by atoms with Gasteiger partial charge in [0.15, 0.2) is 0 Å².